The van der Waals surface area contributed by atoms with E-state index >= 15 is 0 Å². The Labute approximate surface area is 165 Å². The molecule has 144 valence electrons. The third kappa shape index (κ3) is 4.07. The first kappa shape index (κ1) is 19.6. The number of benzene rings is 2. The molecule has 0 bridgehead atoms. The molecule has 6 nitrogen and oxygen atoms in total. The van der Waals surface area contributed by atoms with Crippen LogP contribution in [0.4, 0.5) is 0 Å². The number of carbonyl (C=O) groups excluding carboxylic acids is 2. The van der Waals surface area contributed by atoms with Gasteiger partial charge in [-0.1, -0.05) is 41.9 Å². The highest BCUT2D eigenvalue weighted by atomic mass is 35.5. The van der Waals surface area contributed by atoms with Crippen LogP contribution in [0.3, 0.4) is 0 Å². The fraction of sp³-hybridized carbons (Fsp3) is 0.190. The van der Waals surface area contributed by atoms with Crippen molar-refractivity contribution in [2.75, 3.05) is 13.7 Å². The second-order valence-electron chi connectivity index (χ2n) is 6.10. The van der Waals surface area contributed by atoms with Crippen molar-refractivity contribution >= 4 is 34.3 Å². The van der Waals surface area contributed by atoms with Crippen molar-refractivity contribution in [3.05, 3.63) is 74.6 Å². The van der Waals surface area contributed by atoms with E-state index in [9.17, 15) is 14.4 Å². The van der Waals surface area contributed by atoms with Gasteiger partial charge in [-0.3, -0.25) is 9.59 Å². The first-order chi connectivity index (χ1) is 13.4. The number of carbonyl (C=O) groups is 2. The van der Waals surface area contributed by atoms with E-state index in [4.69, 9.17) is 20.8 Å². The first-order valence-corrected chi connectivity index (χ1v) is 8.82. The van der Waals surface area contributed by atoms with Gasteiger partial charge in [0, 0.05) is 17.0 Å². The van der Waals surface area contributed by atoms with Crippen molar-refractivity contribution in [2.24, 2.45) is 0 Å². The Morgan fingerprint density at radius 3 is 2.54 bits per heavy atom. The van der Waals surface area contributed by atoms with Crippen molar-refractivity contribution < 1.29 is 23.5 Å². The minimum absolute atomic E-state index is 0.192. The average molecular weight is 401 g/mol. The molecule has 3 rings (SSSR count). The van der Waals surface area contributed by atoms with Crippen LogP contribution in [0.5, 0.6) is 5.75 Å². The van der Waals surface area contributed by atoms with E-state index in [2.05, 4.69) is 4.74 Å². The van der Waals surface area contributed by atoms with Crippen molar-refractivity contribution in [3.8, 4) is 5.75 Å². The standard InChI is InChI=1S/C21H17ClO6/c1-12-14-8-16(22)19(27-11-17(23)13-6-4-3-5-7-13)10-18(14)28-21(25)15(12)9-20(24)26-2/h3-8,10H,9,11H2,1-2H3. The Bertz CT molecular complexity index is 1100. The molecule has 0 fully saturated rings. The van der Waals surface area contributed by atoms with Gasteiger partial charge in [-0.15, -0.1) is 0 Å². The number of ether oxygens (including phenoxy) is 2. The van der Waals surface area contributed by atoms with Gasteiger partial charge in [0.1, 0.15) is 11.3 Å². The summed E-state index contributed by atoms with van der Waals surface area (Å²) >= 11 is 6.28. The molecule has 0 atom stereocenters. The van der Waals surface area contributed by atoms with Crippen molar-refractivity contribution in [1.29, 1.82) is 0 Å². The summed E-state index contributed by atoms with van der Waals surface area (Å²) in [5.74, 6) is -0.523. The number of aryl methyl sites for hydroxylation is 1. The van der Waals surface area contributed by atoms with Crippen LogP contribution in [-0.4, -0.2) is 25.5 Å². The molecule has 0 spiro atoms. The normalized spacial score (nSPS) is 10.7. The maximum absolute atomic E-state index is 12.3. The summed E-state index contributed by atoms with van der Waals surface area (Å²) in [4.78, 5) is 36.0. The van der Waals surface area contributed by atoms with E-state index in [1.807, 2.05) is 6.07 Å². The molecule has 1 heterocycles. The van der Waals surface area contributed by atoms with Crippen LogP contribution in [0.2, 0.25) is 5.02 Å². The molecule has 0 aliphatic rings. The molecule has 0 radical (unpaired) electrons. The summed E-state index contributed by atoms with van der Waals surface area (Å²) < 4.78 is 15.5. The second kappa shape index (κ2) is 8.27. The highest BCUT2D eigenvalue weighted by Gasteiger charge is 2.17. The number of rotatable bonds is 6. The van der Waals surface area contributed by atoms with Gasteiger partial charge >= 0.3 is 11.6 Å². The monoisotopic (exact) mass is 400 g/mol. The van der Waals surface area contributed by atoms with Crippen LogP contribution >= 0.6 is 11.6 Å². The molecule has 3 aromatic rings. The Balaban J connectivity index is 1.90. The van der Waals surface area contributed by atoms with E-state index in [0.29, 0.717) is 16.5 Å². The maximum atomic E-state index is 12.3. The second-order valence-corrected chi connectivity index (χ2v) is 6.51. The number of methoxy groups -OCH3 is 1. The Hall–Kier alpha value is -3.12. The summed E-state index contributed by atoms with van der Waals surface area (Å²) in [5, 5.41) is 0.833. The van der Waals surface area contributed by atoms with Crippen molar-refractivity contribution in [1.82, 2.24) is 0 Å². The lowest BCUT2D eigenvalue weighted by Crippen LogP contribution is -2.16. The lowest BCUT2D eigenvalue weighted by molar-refractivity contribution is -0.139. The van der Waals surface area contributed by atoms with E-state index < -0.39 is 11.6 Å². The number of esters is 1. The molecular formula is C21H17ClO6. The number of hydrogen-bond donors (Lipinski definition) is 0. The first-order valence-electron chi connectivity index (χ1n) is 8.44. The highest BCUT2D eigenvalue weighted by Crippen LogP contribution is 2.32. The van der Waals surface area contributed by atoms with Gasteiger partial charge < -0.3 is 13.9 Å². The SMILES string of the molecule is COC(=O)Cc1c(C)c2cc(Cl)c(OCC(=O)c3ccccc3)cc2oc1=O. The molecule has 7 heteroatoms. The predicted octanol–water partition coefficient (Wildman–Crippen LogP) is 3.73. The Morgan fingerprint density at radius 2 is 1.86 bits per heavy atom. The number of halogens is 1. The van der Waals surface area contributed by atoms with E-state index in [1.165, 1.54) is 13.2 Å². The van der Waals surface area contributed by atoms with E-state index in [-0.39, 0.29) is 40.7 Å². The van der Waals surface area contributed by atoms with E-state index in [1.54, 1.807) is 37.3 Å². The van der Waals surface area contributed by atoms with Gasteiger partial charge in [-0.2, -0.15) is 0 Å². The minimum atomic E-state index is -0.635. The fourth-order valence-electron chi connectivity index (χ4n) is 2.77. The van der Waals surface area contributed by atoms with Crippen LogP contribution in [0.1, 0.15) is 21.5 Å². The number of Topliss-reactive ketones (excluding diaryl/α,β-unsaturated/α-hetero) is 1. The number of ketones is 1. The lowest BCUT2D eigenvalue weighted by Gasteiger charge is -2.11. The molecule has 0 amide bonds. The smallest absolute Gasteiger partial charge is 0.340 e. The number of fused-ring (bicyclic) bond motifs is 1. The van der Waals surface area contributed by atoms with Gasteiger partial charge in [0.15, 0.2) is 12.4 Å². The number of hydrogen-bond acceptors (Lipinski definition) is 6. The van der Waals surface area contributed by atoms with E-state index in [0.717, 1.165) is 0 Å². The molecular weight excluding hydrogens is 384 g/mol. The fourth-order valence-corrected chi connectivity index (χ4v) is 2.99. The van der Waals surface area contributed by atoms with Gasteiger partial charge in [-0.25, -0.2) is 4.79 Å². The van der Waals surface area contributed by atoms with Crippen LogP contribution in [0.25, 0.3) is 11.0 Å². The Kier molecular flexibility index (Phi) is 5.80. The maximum Gasteiger partial charge on any atom is 0.340 e. The third-order valence-electron chi connectivity index (χ3n) is 4.34. The summed E-state index contributed by atoms with van der Waals surface area (Å²) in [6.45, 7) is 1.49. The predicted molar refractivity (Wildman–Crippen MR) is 104 cm³/mol. The molecule has 0 saturated carbocycles. The summed E-state index contributed by atoms with van der Waals surface area (Å²) in [6, 6.07) is 11.8. The zero-order chi connectivity index (χ0) is 20.3. The van der Waals surface area contributed by atoms with Crippen LogP contribution < -0.4 is 10.4 Å². The summed E-state index contributed by atoms with van der Waals surface area (Å²) in [5.41, 5.74) is 0.926. The zero-order valence-electron chi connectivity index (χ0n) is 15.3. The topological polar surface area (TPSA) is 82.8 Å². The molecule has 0 aliphatic heterocycles. The largest absolute Gasteiger partial charge is 0.484 e. The highest BCUT2D eigenvalue weighted by molar-refractivity contribution is 6.32. The molecule has 2 aromatic carbocycles. The van der Waals surface area contributed by atoms with Crippen LogP contribution in [0, 0.1) is 6.92 Å². The average Bonchev–Trinajstić information content (AvgIpc) is 2.70. The Morgan fingerprint density at radius 1 is 1.14 bits per heavy atom. The zero-order valence-corrected chi connectivity index (χ0v) is 16.0. The van der Waals surface area contributed by atoms with Crippen LogP contribution in [0.15, 0.2) is 51.7 Å². The lowest BCUT2D eigenvalue weighted by atomic mass is 10.0. The molecule has 28 heavy (non-hydrogen) atoms. The van der Waals surface area contributed by atoms with Crippen molar-refractivity contribution in [2.45, 2.75) is 13.3 Å². The molecule has 0 saturated heterocycles. The minimum Gasteiger partial charge on any atom is -0.484 e. The molecule has 0 unspecified atom stereocenters. The van der Waals surface area contributed by atoms with Crippen LogP contribution in [-0.2, 0) is 16.0 Å². The van der Waals surface area contributed by atoms with Gasteiger partial charge in [-0.05, 0) is 18.6 Å². The quantitative estimate of drug-likeness (QED) is 0.356. The van der Waals surface area contributed by atoms with Gasteiger partial charge in [0.05, 0.1) is 24.1 Å². The van der Waals surface area contributed by atoms with Crippen molar-refractivity contribution in [3.63, 3.8) is 0 Å². The molecule has 0 N–H and O–H groups in total. The van der Waals surface area contributed by atoms with Gasteiger partial charge in [0.2, 0.25) is 0 Å². The summed E-state index contributed by atoms with van der Waals surface area (Å²) in [7, 11) is 1.25. The molecule has 1 aromatic heterocycles. The molecule has 0 aliphatic carbocycles. The third-order valence-corrected chi connectivity index (χ3v) is 4.64. The summed E-state index contributed by atoms with van der Waals surface area (Å²) in [6.07, 6.45) is -0.192. The van der Waals surface area contributed by atoms with Gasteiger partial charge in [0.25, 0.3) is 0 Å².